The lowest BCUT2D eigenvalue weighted by atomic mass is 9.81. The van der Waals surface area contributed by atoms with Crippen molar-refractivity contribution in [2.75, 3.05) is 21.1 Å². The van der Waals surface area contributed by atoms with Crippen LogP contribution in [0.3, 0.4) is 0 Å². The Morgan fingerprint density at radius 3 is 1.27 bits per heavy atom. The normalized spacial score (nSPS) is 13.5. The number of aromatic hydroxyl groups is 1. The highest BCUT2D eigenvalue weighted by Crippen LogP contribution is 2.40. The topological polar surface area (TPSA) is 56.3 Å². The van der Waals surface area contributed by atoms with Gasteiger partial charge in [0.1, 0.15) is 5.75 Å². The Morgan fingerprint density at radius 1 is 0.682 bits per heavy atom. The van der Waals surface area contributed by atoms with E-state index < -0.39 is 0 Å². The number of hydrogen-bond acceptors (Lipinski definition) is 4. The molecule has 0 saturated carbocycles. The number of hydrogen-bond donors (Lipinski definition) is 4. The van der Waals surface area contributed by atoms with Gasteiger partial charge in [-0.15, -0.1) is 0 Å². The van der Waals surface area contributed by atoms with Crippen LogP contribution in [0, 0.1) is 0 Å². The molecule has 4 nitrogen and oxygen atoms in total. The molecule has 0 amide bonds. The maximum Gasteiger partial charge on any atom is 0.125 e. The lowest BCUT2D eigenvalue weighted by molar-refractivity contribution is 0.366. The van der Waals surface area contributed by atoms with Crippen LogP contribution >= 0.6 is 0 Å². The average Bonchev–Trinajstić information content (AvgIpc) is 2.46. The highest BCUT2D eigenvalue weighted by molar-refractivity contribution is 5.51. The summed E-state index contributed by atoms with van der Waals surface area (Å²) in [5, 5.41) is 20.8. The summed E-state index contributed by atoms with van der Waals surface area (Å²) >= 11 is 0. The van der Waals surface area contributed by atoms with Gasteiger partial charge >= 0.3 is 0 Å². The van der Waals surface area contributed by atoms with E-state index in [1.807, 2.05) is 21.1 Å². The number of phenols is 1. The third-order valence-electron chi connectivity index (χ3n) is 5.05. The molecule has 4 N–H and O–H groups in total. The second kappa shape index (κ2) is 6.19. The van der Waals surface area contributed by atoms with Gasteiger partial charge in [-0.3, -0.25) is 0 Å². The zero-order valence-electron chi connectivity index (χ0n) is 15.6. The van der Waals surface area contributed by atoms with Crippen molar-refractivity contribution in [2.45, 2.75) is 58.2 Å². The summed E-state index contributed by atoms with van der Waals surface area (Å²) in [7, 11) is 5.79. The van der Waals surface area contributed by atoms with Crippen LogP contribution in [-0.4, -0.2) is 26.2 Å². The first-order chi connectivity index (χ1) is 9.93. The molecule has 0 aromatic heterocycles. The summed E-state index contributed by atoms with van der Waals surface area (Å²) in [6.45, 7) is 12.6. The van der Waals surface area contributed by atoms with Gasteiger partial charge in [-0.1, -0.05) is 0 Å². The summed E-state index contributed by atoms with van der Waals surface area (Å²) in [5.74, 6) is 0.356. The van der Waals surface area contributed by atoms with Gasteiger partial charge in [0.25, 0.3) is 0 Å². The van der Waals surface area contributed by atoms with Gasteiger partial charge in [-0.2, -0.15) is 0 Å². The molecule has 0 spiro atoms. The molecular weight excluding hydrogens is 274 g/mol. The molecule has 4 heteroatoms. The van der Waals surface area contributed by atoms with Crippen molar-refractivity contribution < 1.29 is 5.11 Å². The van der Waals surface area contributed by atoms with Crippen LogP contribution in [0.2, 0.25) is 0 Å². The number of nitrogens with one attached hydrogen (secondary N) is 3. The molecule has 0 atom stereocenters. The van der Waals surface area contributed by atoms with Crippen molar-refractivity contribution in [1.29, 1.82) is 0 Å². The predicted octanol–water partition coefficient (Wildman–Crippen LogP) is 2.76. The van der Waals surface area contributed by atoms with Crippen molar-refractivity contribution in [3.63, 3.8) is 0 Å². The number of rotatable bonds is 6. The van der Waals surface area contributed by atoms with Crippen molar-refractivity contribution in [3.8, 4) is 5.75 Å². The summed E-state index contributed by atoms with van der Waals surface area (Å²) in [6.07, 6.45) is 0. The smallest absolute Gasteiger partial charge is 0.125 e. The lowest BCUT2D eigenvalue weighted by Gasteiger charge is -2.35. The van der Waals surface area contributed by atoms with Crippen LogP contribution in [0.15, 0.2) is 12.1 Å². The summed E-state index contributed by atoms with van der Waals surface area (Å²) in [6, 6.07) is 4.19. The molecular formula is C18H33N3O. The van der Waals surface area contributed by atoms with Crippen LogP contribution in [0.4, 0.5) is 0 Å². The highest BCUT2D eigenvalue weighted by Gasteiger charge is 2.32. The summed E-state index contributed by atoms with van der Waals surface area (Å²) in [5.41, 5.74) is 2.17. The minimum Gasteiger partial charge on any atom is -0.507 e. The Hall–Kier alpha value is -1.10. The number of phenolic OH excluding ortho intramolecular Hbond substituents is 1. The van der Waals surface area contributed by atoms with Gasteiger partial charge < -0.3 is 21.1 Å². The molecule has 0 unspecified atom stereocenters. The van der Waals surface area contributed by atoms with E-state index >= 15 is 0 Å². The highest BCUT2D eigenvalue weighted by atomic mass is 16.3. The molecule has 0 saturated heterocycles. The first kappa shape index (κ1) is 18.9. The van der Waals surface area contributed by atoms with E-state index in [-0.39, 0.29) is 16.6 Å². The van der Waals surface area contributed by atoms with Crippen LogP contribution in [0.25, 0.3) is 0 Å². The first-order valence-electron chi connectivity index (χ1n) is 7.88. The van der Waals surface area contributed by atoms with Gasteiger partial charge in [-0.25, -0.2) is 0 Å². The average molecular weight is 307 g/mol. The van der Waals surface area contributed by atoms with Gasteiger partial charge in [-0.05, 0) is 80.4 Å². The van der Waals surface area contributed by atoms with Crippen LogP contribution in [-0.2, 0) is 16.6 Å². The molecule has 0 aliphatic heterocycles. The second-order valence-electron chi connectivity index (χ2n) is 7.54. The minimum atomic E-state index is -0.317. The Morgan fingerprint density at radius 2 is 1.00 bits per heavy atom. The Bertz CT molecular complexity index is 496. The zero-order chi connectivity index (χ0) is 17.3. The Labute approximate surface area is 135 Å². The van der Waals surface area contributed by atoms with Crippen LogP contribution in [0.5, 0.6) is 5.75 Å². The van der Waals surface area contributed by atoms with Gasteiger partial charge in [0.2, 0.25) is 0 Å². The fourth-order valence-corrected chi connectivity index (χ4v) is 2.36. The molecule has 1 aromatic carbocycles. The third-order valence-corrected chi connectivity index (χ3v) is 5.05. The number of benzene rings is 1. The maximum atomic E-state index is 10.9. The van der Waals surface area contributed by atoms with Crippen LogP contribution in [0.1, 0.15) is 58.2 Å². The largest absolute Gasteiger partial charge is 0.507 e. The molecule has 0 radical (unpaired) electrons. The van der Waals surface area contributed by atoms with E-state index in [1.165, 1.54) is 0 Å². The molecule has 1 rings (SSSR count). The van der Waals surface area contributed by atoms with E-state index in [2.05, 4.69) is 69.6 Å². The van der Waals surface area contributed by atoms with Gasteiger partial charge in [0, 0.05) is 27.7 Å². The van der Waals surface area contributed by atoms with Crippen molar-refractivity contribution in [2.24, 2.45) is 0 Å². The fourth-order valence-electron chi connectivity index (χ4n) is 2.36. The monoisotopic (exact) mass is 307 g/mol. The zero-order valence-corrected chi connectivity index (χ0v) is 15.6. The predicted molar refractivity (Wildman–Crippen MR) is 94.4 cm³/mol. The van der Waals surface area contributed by atoms with E-state index in [1.54, 1.807) is 0 Å². The molecule has 22 heavy (non-hydrogen) atoms. The molecule has 0 aliphatic rings. The van der Waals surface area contributed by atoms with Crippen molar-refractivity contribution in [3.05, 3.63) is 28.8 Å². The van der Waals surface area contributed by atoms with E-state index in [0.717, 1.165) is 16.7 Å². The first-order valence-corrected chi connectivity index (χ1v) is 7.88. The lowest BCUT2D eigenvalue weighted by Crippen LogP contribution is -2.39. The molecule has 0 fully saturated rings. The van der Waals surface area contributed by atoms with Crippen molar-refractivity contribution in [1.82, 2.24) is 16.0 Å². The molecule has 0 heterocycles. The second-order valence-corrected chi connectivity index (χ2v) is 7.54. The molecule has 0 aliphatic carbocycles. The van der Waals surface area contributed by atoms with E-state index in [0.29, 0.717) is 5.75 Å². The summed E-state index contributed by atoms with van der Waals surface area (Å²) in [4.78, 5) is 0. The maximum absolute atomic E-state index is 10.9. The van der Waals surface area contributed by atoms with E-state index in [9.17, 15) is 5.11 Å². The standard InChI is InChI=1S/C18H33N3O/c1-16(2,19-7)12-10-13(17(3,4)20-8)15(22)14(11-12)18(5,6)21-9/h10-11,19-22H,1-9H3. The van der Waals surface area contributed by atoms with Gasteiger partial charge in [0.15, 0.2) is 0 Å². The van der Waals surface area contributed by atoms with Crippen LogP contribution < -0.4 is 16.0 Å². The van der Waals surface area contributed by atoms with Gasteiger partial charge in [0.05, 0.1) is 0 Å². The minimum absolute atomic E-state index is 0.176. The molecule has 1 aromatic rings. The molecule has 126 valence electrons. The molecule has 0 bridgehead atoms. The Balaban J connectivity index is 3.73. The quantitative estimate of drug-likeness (QED) is 0.653. The SMILES string of the molecule is CNC(C)(C)c1cc(C(C)(C)NC)c(O)c(C(C)(C)NC)c1. The van der Waals surface area contributed by atoms with Crippen molar-refractivity contribution >= 4 is 0 Å². The third kappa shape index (κ3) is 3.45. The Kier molecular flexibility index (Phi) is 5.33. The van der Waals surface area contributed by atoms with E-state index in [4.69, 9.17) is 0 Å². The fraction of sp³-hybridized carbons (Fsp3) is 0.667. The summed E-state index contributed by atoms with van der Waals surface area (Å²) < 4.78 is 0.